The predicted octanol–water partition coefficient (Wildman–Crippen LogP) is 14.3. The van der Waals surface area contributed by atoms with Gasteiger partial charge in [0.15, 0.2) is 0 Å². The third kappa shape index (κ3) is 53.5. The van der Waals surface area contributed by atoms with Crippen LogP contribution in [0.1, 0.15) is 232 Å². The summed E-state index contributed by atoms with van der Waals surface area (Å²) in [7, 11) is 12.4. The van der Waals surface area contributed by atoms with E-state index in [1.54, 1.807) is 98.1 Å². The molecule has 0 aliphatic heterocycles. The minimum atomic E-state index is -0.286. The molecule has 0 fully saturated rings. The second kappa shape index (κ2) is 63.7. The van der Waals surface area contributed by atoms with Gasteiger partial charge in [-0.3, -0.25) is 34.3 Å². The summed E-state index contributed by atoms with van der Waals surface area (Å²) in [6, 6.07) is 13.4. The number of pyridine rings is 4. The molecular weight excluding hydrogens is 1460 g/mol. The Balaban J connectivity index is -0.00000128. The van der Waals surface area contributed by atoms with E-state index in [1.807, 2.05) is 20.8 Å². The molecule has 4 atom stereocenters. The molecule has 115 heavy (non-hydrogen) atoms. The second-order valence-corrected chi connectivity index (χ2v) is 32.0. The van der Waals surface area contributed by atoms with E-state index in [2.05, 4.69) is 166 Å². The van der Waals surface area contributed by atoms with Crippen LogP contribution in [-0.2, 0) is 47.5 Å². The Morgan fingerprint density at radius 2 is 0.504 bits per heavy atom. The van der Waals surface area contributed by atoms with Crippen LogP contribution >= 0.6 is 0 Å². The van der Waals surface area contributed by atoms with Gasteiger partial charge in [-0.1, -0.05) is 48.0 Å². The minimum Gasteiger partial charge on any atom is -0.457 e. The quantitative estimate of drug-likeness (QED) is 0.0227. The first-order valence-corrected chi connectivity index (χ1v) is 43.0. The molecule has 0 radical (unpaired) electrons. The Morgan fingerprint density at radius 1 is 0.278 bits per heavy atom. The average Bonchev–Trinajstić information content (AvgIpc) is 0.875. The molecule has 0 amide bonds. The molecule has 0 aliphatic rings. The van der Waals surface area contributed by atoms with Gasteiger partial charge in [-0.25, -0.2) is 19.2 Å². The zero-order chi connectivity index (χ0) is 88.0. The molecule has 0 N–H and O–H groups in total. The summed E-state index contributed by atoms with van der Waals surface area (Å²) in [5.74, 6) is -1.61. The van der Waals surface area contributed by atoms with Crippen LogP contribution in [0, 0.1) is 0 Å². The van der Waals surface area contributed by atoms with Crippen LogP contribution < -0.4 is 0 Å². The Morgan fingerprint density at radius 3 is 0.730 bits per heavy atom. The maximum atomic E-state index is 11.9. The summed E-state index contributed by atoms with van der Waals surface area (Å²) in [6.07, 6.45) is 21.1. The number of rotatable bonds is 47. The van der Waals surface area contributed by atoms with Crippen molar-refractivity contribution in [3.63, 3.8) is 0 Å². The lowest BCUT2D eigenvalue weighted by molar-refractivity contribution is -0.929. The van der Waals surface area contributed by atoms with Crippen LogP contribution in [0.2, 0.25) is 0 Å². The maximum absolute atomic E-state index is 11.9. The second-order valence-electron chi connectivity index (χ2n) is 32.0. The van der Waals surface area contributed by atoms with Crippen LogP contribution in [0.3, 0.4) is 0 Å². The molecule has 0 saturated carbocycles. The Kier molecular flexibility index (Phi) is 61.9. The first-order valence-electron chi connectivity index (χ1n) is 43.0. The topological polar surface area (TPSA) is 236 Å². The number of carbonyl (C=O) groups excluding carboxylic acids is 7. The van der Waals surface area contributed by atoms with Crippen LogP contribution in [0.5, 0.6) is 0 Å². The molecule has 0 saturated heterocycles. The number of carbonyl (C=O) groups is 7. The SMILES string of the molecule is CC(=O)OC(C)C[N+](C)(C)C.CCCC[N+](CC)(CCC)CCOC(=O)c1ccncc1.CCC[N+](CC)(CCC)CC(C)OC(C)=O.CCC[N+](CC)(CCC)CCOC(=O)c1ccncc1.CC[N+](CC)(CC)CC(C)OC(C)=O.CC[N+](CC)(CC)CCOC(=O)c1ccncc1.C[N+](C)(C)CCOC(=O)c1ccncc1. The van der Waals surface area contributed by atoms with Crippen molar-refractivity contribution in [3.8, 4) is 0 Å². The lowest BCUT2D eigenvalue weighted by Gasteiger charge is -2.39. The number of hydrogen-bond donors (Lipinski definition) is 0. The fourth-order valence-electron chi connectivity index (χ4n) is 13.9. The molecule has 0 aromatic carbocycles. The van der Waals surface area contributed by atoms with Crippen LogP contribution in [-0.4, -0.2) is 324 Å². The van der Waals surface area contributed by atoms with Gasteiger partial charge >= 0.3 is 41.8 Å². The van der Waals surface area contributed by atoms with Gasteiger partial charge in [0.1, 0.15) is 90.6 Å². The number of esters is 7. The predicted molar refractivity (Wildman–Crippen MR) is 464 cm³/mol. The number of nitrogens with zero attached hydrogens (tertiary/aromatic N) is 11. The molecular formula is C90H166N11O14+7. The smallest absolute Gasteiger partial charge is 0.338 e. The average molecular weight is 1630 g/mol. The molecule has 0 aliphatic carbocycles. The maximum Gasteiger partial charge on any atom is 0.338 e. The van der Waals surface area contributed by atoms with Crippen molar-refractivity contribution in [1.29, 1.82) is 0 Å². The van der Waals surface area contributed by atoms with Crippen molar-refractivity contribution in [1.82, 2.24) is 19.9 Å². The van der Waals surface area contributed by atoms with Crippen molar-refractivity contribution < 1.29 is 98.1 Å². The summed E-state index contributed by atoms with van der Waals surface area (Å²) < 4.78 is 43.4. The van der Waals surface area contributed by atoms with Crippen molar-refractivity contribution >= 4 is 41.8 Å². The van der Waals surface area contributed by atoms with E-state index in [1.165, 1.54) is 66.1 Å². The van der Waals surface area contributed by atoms with Gasteiger partial charge in [0.25, 0.3) is 0 Å². The molecule has 4 aromatic rings. The lowest BCUT2D eigenvalue weighted by Crippen LogP contribution is -2.53. The summed E-state index contributed by atoms with van der Waals surface area (Å²) in [5, 5.41) is 0. The van der Waals surface area contributed by atoms with Crippen molar-refractivity contribution in [2.75, 3.05) is 213 Å². The molecule has 658 valence electrons. The van der Waals surface area contributed by atoms with E-state index < -0.39 is 0 Å². The minimum absolute atomic E-state index is 0.00694. The number of aromatic nitrogens is 4. The van der Waals surface area contributed by atoms with Gasteiger partial charge < -0.3 is 64.5 Å². The number of ether oxygens (including phenoxy) is 7. The van der Waals surface area contributed by atoms with Gasteiger partial charge in [-0.2, -0.15) is 0 Å². The van der Waals surface area contributed by atoms with E-state index in [0.717, 1.165) is 175 Å². The third-order valence-corrected chi connectivity index (χ3v) is 20.8. The highest BCUT2D eigenvalue weighted by molar-refractivity contribution is 5.90. The number of quaternary nitrogens is 7. The zero-order valence-corrected chi connectivity index (χ0v) is 77.4. The van der Waals surface area contributed by atoms with Crippen LogP contribution in [0.25, 0.3) is 0 Å². The van der Waals surface area contributed by atoms with Gasteiger partial charge in [0.05, 0.1) is 163 Å². The molecule has 0 bridgehead atoms. The molecule has 25 nitrogen and oxygen atoms in total. The summed E-state index contributed by atoms with van der Waals surface area (Å²) in [5.41, 5.74) is 2.25. The summed E-state index contributed by atoms with van der Waals surface area (Å²) in [4.78, 5) is 94.7. The molecule has 4 aromatic heterocycles. The van der Waals surface area contributed by atoms with Crippen LogP contribution in [0.15, 0.2) is 98.1 Å². The molecule has 4 heterocycles. The van der Waals surface area contributed by atoms with E-state index in [9.17, 15) is 33.6 Å². The highest BCUT2D eigenvalue weighted by atomic mass is 16.6. The number of hydrogen-bond acceptors (Lipinski definition) is 18. The molecule has 4 rings (SSSR count). The Labute approximate surface area is 698 Å². The number of unbranched alkanes of at least 4 members (excludes halogenated alkanes) is 1. The fourth-order valence-corrected chi connectivity index (χ4v) is 13.9. The highest BCUT2D eigenvalue weighted by Crippen LogP contribution is 2.17. The van der Waals surface area contributed by atoms with Crippen molar-refractivity contribution in [2.45, 2.75) is 209 Å². The Bertz CT molecular complexity index is 3110. The van der Waals surface area contributed by atoms with E-state index >= 15 is 0 Å². The van der Waals surface area contributed by atoms with Crippen molar-refractivity contribution in [3.05, 3.63) is 120 Å². The van der Waals surface area contributed by atoms with Crippen LogP contribution in [0.4, 0.5) is 0 Å². The largest absolute Gasteiger partial charge is 0.457 e. The van der Waals surface area contributed by atoms with Gasteiger partial charge in [0.2, 0.25) is 0 Å². The van der Waals surface area contributed by atoms with Gasteiger partial charge in [-0.05, 0) is 170 Å². The lowest BCUT2D eigenvalue weighted by atomic mass is 10.2. The Hall–Kier alpha value is -7.39. The third-order valence-electron chi connectivity index (χ3n) is 20.8. The first kappa shape index (κ1) is 112. The highest BCUT2D eigenvalue weighted by Gasteiger charge is 2.30. The van der Waals surface area contributed by atoms with Gasteiger partial charge in [-0.15, -0.1) is 0 Å². The standard InChI is InChI=1S/C17H29N2O2.C16H27N2O2.C14H23N2O2.C13H28NO2.C11H17N2O2.C11H24NO2.C8H18NO2/c1-4-7-13-19(6-3,12-5-2)14-15-21-17(20)16-8-10-18-11-9-16;1-4-11-18(6-3,12-5-2)13-14-20-16(19)15-7-9-17-10-8-15;1-4-16(5-2,6-3)11-12-18-14(17)13-7-9-15-10-8-13;1-6-9-14(8-3,10-7-2)11-12(4)16-13(5)15;1-13(2,3)8-9-15-11(14)10-4-6-12-7-5-10;1-6-12(7-2,8-3)9-10(4)14-11(5)13;1-7(11-8(2)10)6-9(3,4)5/h8-11H,4-7,12-15H2,1-3H3;7-10H,4-6,11-14H2,1-3H3;7-10H,4-6,11-12H2,1-3H3;12H,6-11H2,1-5H3;4-7H,8-9H2,1-3H3;10H,6-9H2,1-5H3;7H,6H2,1-5H3/q7*+1. The van der Waals surface area contributed by atoms with E-state index in [4.69, 9.17) is 33.2 Å². The summed E-state index contributed by atoms with van der Waals surface area (Å²) in [6.45, 7) is 68.2. The monoisotopic (exact) mass is 1630 g/mol. The fraction of sp³-hybridized carbons (Fsp3) is 0.700. The normalized spacial score (nSPS) is 12.6. The molecule has 25 heteroatoms. The van der Waals surface area contributed by atoms with Gasteiger partial charge in [0, 0.05) is 70.3 Å². The van der Waals surface area contributed by atoms with E-state index in [-0.39, 0.29) is 60.1 Å². The zero-order valence-electron chi connectivity index (χ0n) is 77.4. The van der Waals surface area contributed by atoms with Crippen molar-refractivity contribution in [2.24, 2.45) is 0 Å². The molecule has 0 spiro atoms. The molecule has 4 unspecified atom stereocenters. The summed E-state index contributed by atoms with van der Waals surface area (Å²) >= 11 is 0. The first-order chi connectivity index (χ1) is 54.3. The number of likely N-dealkylation sites (N-methyl/N-ethyl adjacent to an activating group) is 7. The van der Waals surface area contributed by atoms with E-state index in [0.29, 0.717) is 48.7 Å².